The van der Waals surface area contributed by atoms with Crippen LogP contribution in [0.4, 0.5) is 20.2 Å². The fourth-order valence-corrected chi connectivity index (χ4v) is 16.3. The number of allylic oxidation sites excluding steroid dienone is 8. The van der Waals surface area contributed by atoms with Crippen LogP contribution in [0.15, 0.2) is 101 Å². The minimum absolute atomic E-state index is 0.00507. The van der Waals surface area contributed by atoms with Crippen molar-refractivity contribution in [3.8, 4) is 0 Å². The van der Waals surface area contributed by atoms with Gasteiger partial charge in [-0.1, -0.05) is 73.5 Å². The molecule has 388 valence electrons. The first-order valence-electron chi connectivity index (χ1n) is 26.1. The number of fused-ring (bicyclic) bond motifs is 12. The largest absolute Gasteiger partial charge is 0.399 e. The van der Waals surface area contributed by atoms with Gasteiger partial charge in [0.2, 0.25) is 5.79 Å². The molecule has 2 saturated heterocycles. The number of rotatable bonds is 3. The van der Waals surface area contributed by atoms with Crippen molar-refractivity contribution >= 4 is 28.7 Å². The van der Waals surface area contributed by atoms with Gasteiger partial charge >= 0.3 is 0 Å². The zero-order valence-corrected chi connectivity index (χ0v) is 42.4. The zero-order valence-electron chi connectivity index (χ0n) is 42.4. The van der Waals surface area contributed by atoms with Crippen LogP contribution in [0.3, 0.4) is 0 Å². The Morgan fingerprint density at radius 2 is 1.32 bits per heavy atom. The third-order valence-electron chi connectivity index (χ3n) is 20.1. The maximum absolute atomic E-state index is 17.3. The molecular weight excluding hydrogens is 923 g/mol. The molecule has 12 nitrogen and oxygen atoms in total. The van der Waals surface area contributed by atoms with Crippen LogP contribution < -0.4 is 5.73 Å². The van der Waals surface area contributed by atoms with Gasteiger partial charge in [0, 0.05) is 34.3 Å². The summed E-state index contributed by atoms with van der Waals surface area (Å²) < 4.78 is 58.1. The molecule has 0 amide bonds. The molecule has 0 aromatic heterocycles. The van der Waals surface area contributed by atoms with Crippen molar-refractivity contribution in [3.05, 3.63) is 107 Å². The molecule has 10 aliphatic rings. The van der Waals surface area contributed by atoms with E-state index < -0.39 is 81.5 Å². The minimum Gasteiger partial charge on any atom is -0.399 e. The summed E-state index contributed by atoms with van der Waals surface area (Å²) in [6.07, 6.45) is 12.0. The molecule has 72 heavy (non-hydrogen) atoms. The molecule has 2 aromatic carbocycles. The molecule has 2 heterocycles. The molecule has 2 aliphatic heterocycles. The van der Waals surface area contributed by atoms with Gasteiger partial charge < -0.3 is 45.1 Å². The Labute approximate surface area is 421 Å². The molecular formula is C58H72F2N2O10. The highest BCUT2D eigenvalue weighted by molar-refractivity contribution is 6.07. The van der Waals surface area contributed by atoms with E-state index in [9.17, 15) is 30.0 Å². The topological polar surface area (TPSA) is 190 Å². The number of carbonyl (C=O) groups is 2. The number of Topliss-reactive ketones (excluding diaryl/α,β-unsaturated/α-hetero) is 1. The number of hydrogen-bond donors (Lipinski definition) is 5. The van der Waals surface area contributed by atoms with Gasteiger partial charge in [-0.3, -0.25) is 9.59 Å². The monoisotopic (exact) mass is 995 g/mol. The molecule has 8 aliphatic carbocycles. The van der Waals surface area contributed by atoms with E-state index in [-0.39, 0.29) is 68.4 Å². The summed E-state index contributed by atoms with van der Waals surface area (Å²) in [7, 11) is 0. The van der Waals surface area contributed by atoms with E-state index >= 15 is 8.78 Å². The highest BCUT2D eigenvalue weighted by Gasteiger charge is 2.77. The van der Waals surface area contributed by atoms with Crippen LogP contribution in [0.25, 0.3) is 0 Å². The van der Waals surface area contributed by atoms with E-state index in [4.69, 9.17) is 29.7 Å². The molecule has 0 radical (unpaired) electrons. The van der Waals surface area contributed by atoms with Crippen molar-refractivity contribution < 1.29 is 57.7 Å². The Kier molecular flexibility index (Phi) is 13.0. The lowest BCUT2D eigenvalue weighted by Gasteiger charge is -2.60. The van der Waals surface area contributed by atoms with Gasteiger partial charge in [0.05, 0.1) is 23.6 Å². The summed E-state index contributed by atoms with van der Waals surface area (Å²) in [5.74, 6) is -3.63. The Hall–Kier alpha value is -4.25. The number of para-hydroxylation sites is 2. The molecule has 3 unspecified atom stereocenters. The first kappa shape index (κ1) is 51.2. The number of aliphatic hydroxyl groups excluding tert-OH is 3. The van der Waals surface area contributed by atoms with Crippen LogP contribution in [0.2, 0.25) is 0 Å². The first-order valence-corrected chi connectivity index (χ1v) is 26.1. The third kappa shape index (κ3) is 7.19. The van der Waals surface area contributed by atoms with Crippen LogP contribution >= 0.6 is 0 Å². The summed E-state index contributed by atoms with van der Waals surface area (Å²) in [6, 6.07) is 15.7. The van der Waals surface area contributed by atoms with E-state index in [1.54, 1.807) is 19.1 Å². The SMILES string of the molecule is C[C@@H]1C[C@@H]2C(C[C@H](O)[C@@]3(F)[C@H]2CCC2=CC(=O)C=C[C@@]23C)[C@]12OCOC21COCO1.Cc1ccccc1N.Cc1ccccc1N=C1C=C[C@@]2(C)C(=C1)CC[C@H]1[C@@H]3C[C@@H](C)[C@](O)(C(=O)CO)C3C[C@H](O)[C@@]12F. The third-order valence-corrected chi connectivity index (χ3v) is 20.1. The number of hydrogen-bond acceptors (Lipinski definition) is 12. The number of ether oxygens (including phenoxy) is 4. The van der Waals surface area contributed by atoms with Crippen molar-refractivity contribution in [2.24, 2.45) is 63.2 Å². The normalized spacial score (nSPS) is 45.6. The molecule has 8 fully saturated rings. The molecule has 6 saturated carbocycles. The van der Waals surface area contributed by atoms with Crippen LogP contribution in [0, 0.1) is 72.0 Å². The Balaban J connectivity index is 0.000000144. The van der Waals surface area contributed by atoms with Crippen molar-refractivity contribution in [2.45, 2.75) is 133 Å². The van der Waals surface area contributed by atoms with Crippen molar-refractivity contribution in [2.75, 3.05) is 32.5 Å². The number of anilines is 1. The second-order valence-corrected chi connectivity index (χ2v) is 23.1. The second kappa shape index (κ2) is 18.2. The highest BCUT2D eigenvalue weighted by Crippen LogP contribution is 2.70. The zero-order chi connectivity index (χ0) is 51.4. The summed E-state index contributed by atoms with van der Waals surface area (Å²) in [5.41, 5.74) is 3.82. The Bertz CT molecular complexity index is 2620. The quantitative estimate of drug-likeness (QED) is 0.186. The average molecular weight is 995 g/mol. The van der Waals surface area contributed by atoms with E-state index in [2.05, 4.69) is 6.92 Å². The molecule has 12 rings (SSSR count). The van der Waals surface area contributed by atoms with Gasteiger partial charge in [-0.2, -0.15) is 0 Å². The molecule has 2 aromatic rings. The van der Waals surface area contributed by atoms with Crippen LogP contribution in [-0.4, -0.2) is 105 Å². The van der Waals surface area contributed by atoms with E-state index in [0.29, 0.717) is 32.1 Å². The lowest BCUT2D eigenvalue weighted by Crippen LogP contribution is -2.68. The molecule has 6 N–H and O–H groups in total. The maximum atomic E-state index is 17.3. The van der Waals surface area contributed by atoms with Gasteiger partial charge in [0.25, 0.3) is 0 Å². The summed E-state index contributed by atoms with van der Waals surface area (Å²) in [6.45, 7) is 11.4. The molecule has 0 bridgehead atoms. The number of benzene rings is 2. The van der Waals surface area contributed by atoms with Crippen molar-refractivity contribution in [1.82, 2.24) is 0 Å². The lowest BCUT2D eigenvalue weighted by molar-refractivity contribution is -0.249. The fourth-order valence-electron chi connectivity index (χ4n) is 16.3. The standard InChI is InChI=1S/C28H34FNO4.C23H29FO6.C7H9N/c1-16-6-4-5-7-23(16)30-19-10-11-26(3)18(13-19)8-9-21-20-12-17(2)27(34,25(33)15-31)22(20)14-24(32)28(21,26)29;1-13-7-16-17-4-3-14-8-15(25)5-6-20(14,2)22(17,24)19(26)9-18(16)23(13)21(29-12-30-23)10-27-11-28-21;1-6-4-2-3-5-7(6)8/h4-7,10-11,13,17,20-22,24,31-32,34H,8-9,12,14-15H2,1-3H3;5-6,8,13,16-19,26H,3-4,7,9-12H2,1-2H3;2-5H,8H2,1H3/t17-,20+,21+,22?,24+,26+,27-,28+;13-,16+,17+,18?,19+,20+,21?,22+,23-;/m11./s1. The number of ketones is 2. The number of nitrogens with two attached hydrogens (primary N) is 1. The van der Waals surface area contributed by atoms with E-state index in [1.165, 1.54) is 6.08 Å². The average Bonchev–Trinajstić information content (AvgIpc) is 4.12. The van der Waals surface area contributed by atoms with Crippen LogP contribution in [0.5, 0.6) is 0 Å². The molecule has 14 heteroatoms. The number of alkyl halides is 2. The van der Waals surface area contributed by atoms with E-state index in [0.717, 1.165) is 45.8 Å². The van der Waals surface area contributed by atoms with E-state index in [1.807, 2.05) is 94.5 Å². The highest BCUT2D eigenvalue weighted by atomic mass is 19.1. The van der Waals surface area contributed by atoms with Gasteiger partial charge in [-0.15, -0.1) is 0 Å². The minimum atomic E-state index is -1.91. The first-order chi connectivity index (χ1) is 34.2. The Morgan fingerprint density at radius 3 is 1.92 bits per heavy atom. The smallest absolute Gasteiger partial charge is 0.226 e. The fraction of sp³-hybridized carbons (Fsp3) is 0.603. The predicted octanol–water partition coefficient (Wildman–Crippen LogP) is 8.25. The molecule has 17 atom stereocenters. The summed E-state index contributed by atoms with van der Waals surface area (Å²) in [4.78, 5) is 29.3. The number of aliphatic hydroxyl groups is 4. The summed E-state index contributed by atoms with van der Waals surface area (Å²) >= 11 is 0. The van der Waals surface area contributed by atoms with Gasteiger partial charge in [0.15, 0.2) is 36.5 Å². The second-order valence-electron chi connectivity index (χ2n) is 23.1. The predicted molar refractivity (Wildman–Crippen MR) is 267 cm³/mol. The number of halogens is 2. The number of nitrogens with zero attached hydrogens (tertiary/aromatic N) is 1. The number of aliphatic imine (C=N–C) groups is 1. The van der Waals surface area contributed by atoms with Crippen molar-refractivity contribution in [1.29, 1.82) is 0 Å². The number of carbonyl (C=O) groups excluding carboxylic acids is 2. The Morgan fingerprint density at radius 1 is 0.750 bits per heavy atom. The van der Waals surface area contributed by atoms with Gasteiger partial charge in [-0.25, -0.2) is 13.8 Å². The number of aryl methyl sites for hydroxylation is 2. The number of nitrogen functional groups attached to an aromatic ring is 1. The van der Waals surface area contributed by atoms with Crippen LogP contribution in [-0.2, 0) is 28.5 Å². The lowest BCUT2D eigenvalue weighted by atomic mass is 9.47. The maximum Gasteiger partial charge on any atom is 0.226 e. The molecule has 2 spiro atoms. The van der Waals surface area contributed by atoms with Gasteiger partial charge in [-0.05, 0) is 156 Å². The van der Waals surface area contributed by atoms with Crippen molar-refractivity contribution in [3.63, 3.8) is 0 Å². The van der Waals surface area contributed by atoms with Crippen LogP contribution in [0.1, 0.15) is 90.2 Å². The summed E-state index contributed by atoms with van der Waals surface area (Å²) in [5, 5.41) is 43.4. The van der Waals surface area contributed by atoms with Gasteiger partial charge in [0.1, 0.15) is 24.4 Å².